The molecule has 4 rings (SSSR count). The van der Waals surface area contributed by atoms with Crippen molar-refractivity contribution in [2.24, 2.45) is 23.7 Å². The Morgan fingerprint density at radius 1 is 1.06 bits per heavy atom. The minimum Gasteiger partial charge on any atom is -0.459 e. The van der Waals surface area contributed by atoms with Gasteiger partial charge in [0.2, 0.25) is 0 Å². The van der Waals surface area contributed by atoms with E-state index < -0.39 is 0 Å². The van der Waals surface area contributed by atoms with E-state index in [1.807, 2.05) is 20.8 Å². The number of hydrogen-bond donors (Lipinski definition) is 0. The van der Waals surface area contributed by atoms with Crippen LogP contribution >= 0.6 is 0 Å². The van der Waals surface area contributed by atoms with Crippen molar-refractivity contribution in [2.75, 3.05) is 0 Å². The lowest BCUT2D eigenvalue weighted by Crippen LogP contribution is -2.57. The molecule has 2 heteroatoms. The van der Waals surface area contributed by atoms with Gasteiger partial charge in [0.05, 0.1) is 0 Å². The van der Waals surface area contributed by atoms with E-state index in [-0.39, 0.29) is 11.6 Å². The second kappa shape index (κ2) is 5.22. The third-order valence-electron chi connectivity index (χ3n) is 5.38. The van der Waals surface area contributed by atoms with Crippen molar-refractivity contribution in [1.82, 2.24) is 0 Å². The maximum Gasteiger partial charge on any atom is 0.306 e. The van der Waals surface area contributed by atoms with E-state index in [0.29, 0.717) is 18.3 Å². The van der Waals surface area contributed by atoms with Crippen LogP contribution in [0.2, 0.25) is 0 Å². The first-order chi connectivity index (χ1) is 8.61. The molecule has 0 N–H and O–H groups in total. The SMILES string of the molecule is CC.CCC(=O)OC1(C)C2CC3CC(C2)CC1C3. The molecular formula is C16H28O2. The molecule has 0 aromatic carbocycles. The highest BCUT2D eigenvalue weighted by Crippen LogP contribution is 2.59. The van der Waals surface area contributed by atoms with Crippen LogP contribution in [-0.2, 0) is 9.53 Å². The Labute approximate surface area is 111 Å². The number of esters is 1. The predicted octanol–water partition coefficient (Wildman–Crippen LogP) is 4.18. The van der Waals surface area contributed by atoms with Crippen molar-refractivity contribution in [3.05, 3.63) is 0 Å². The van der Waals surface area contributed by atoms with Gasteiger partial charge in [-0.05, 0) is 62.7 Å². The van der Waals surface area contributed by atoms with Gasteiger partial charge in [-0.15, -0.1) is 0 Å². The van der Waals surface area contributed by atoms with E-state index in [1.54, 1.807) is 0 Å². The van der Waals surface area contributed by atoms with E-state index in [1.165, 1.54) is 32.1 Å². The predicted molar refractivity (Wildman–Crippen MR) is 73.2 cm³/mol. The first-order valence-electron chi connectivity index (χ1n) is 7.83. The van der Waals surface area contributed by atoms with Crippen molar-refractivity contribution in [2.45, 2.75) is 71.8 Å². The molecule has 0 heterocycles. The standard InChI is InChI=1S/C14H22O2.C2H6/c1-3-13(15)16-14(2)11-5-9-4-10(7-11)8-12(14)6-9;1-2/h9-12H,3-8H2,1-2H3;1-2H3. The van der Waals surface area contributed by atoms with Crippen LogP contribution < -0.4 is 0 Å². The molecule has 0 atom stereocenters. The highest BCUT2D eigenvalue weighted by Gasteiger charge is 2.56. The summed E-state index contributed by atoms with van der Waals surface area (Å²) in [6.45, 7) is 8.09. The summed E-state index contributed by atoms with van der Waals surface area (Å²) in [6, 6.07) is 0. The van der Waals surface area contributed by atoms with Crippen LogP contribution in [0.5, 0.6) is 0 Å². The maximum atomic E-state index is 11.6. The average Bonchev–Trinajstić information content (AvgIpc) is 2.37. The second-order valence-electron chi connectivity index (χ2n) is 6.32. The molecule has 104 valence electrons. The van der Waals surface area contributed by atoms with Crippen LogP contribution in [0.1, 0.15) is 66.2 Å². The molecule has 0 spiro atoms. The van der Waals surface area contributed by atoms with Crippen LogP contribution in [0.15, 0.2) is 0 Å². The molecule has 4 fully saturated rings. The van der Waals surface area contributed by atoms with Gasteiger partial charge in [-0.3, -0.25) is 4.79 Å². The topological polar surface area (TPSA) is 26.3 Å². The van der Waals surface area contributed by atoms with E-state index in [9.17, 15) is 4.79 Å². The number of ether oxygens (including phenoxy) is 1. The van der Waals surface area contributed by atoms with E-state index >= 15 is 0 Å². The maximum absolute atomic E-state index is 11.6. The Bertz CT molecular complexity index is 280. The second-order valence-corrected chi connectivity index (χ2v) is 6.32. The zero-order chi connectivity index (χ0) is 13.3. The smallest absolute Gasteiger partial charge is 0.306 e. The molecule has 0 unspecified atom stereocenters. The molecule has 4 aliphatic rings. The lowest BCUT2D eigenvalue weighted by atomic mass is 9.50. The fraction of sp³-hybridized carbons (Fsp3) is 0.938. The highest BCUT2D eigenvalue weighted by molar-refractivity contribution is 5.69. The Balaban J connectivity index is 0.000000574. The van der Waals surface area contributed by atoms with Gasteiger partial charge in [0.15, 0.2) is 0 Å². The molecule has 2 nitrogen and oxygen atoms in total. The number of rotatable bonds is 2. The third-order valence-corrected chi connectivity index (χ3v) is 5.38. The van der Waals surface area contributed by atoms with Gasteiger partial charge in [-0.2, -0.15) is 0 Å². The monoisotopic (exact) mass is 252 g/mol. The molecule has 0 radical (unpaired) electrons. The van der Waals surface area contributed by atoms with Crippen LogP contribution in [0.4, 0.5) is 0 Å². The van der Waals surface area contributed by atoms with E-state index in [2.05, 4.69) is 6.92 Å². The van der Waals surface area contributed by atoms with Crippen molar-refractivity contribution in [3.63, 3.8) is 0 Å². The van der Waals surface area contributed by atoms with Gasteiger partial charge >= 0.3 is 5.97 Å². The zero-order valence-electron chi connectivity index (χ0n) is 12.4. The quantitative estimate of drug-likeness (QED) is 0.689. The number of carbonyl (C=O) groups excluding carboxylic acids is 1. The largest absolute Gasteiger partial charge is 0.459 e. The summed E-state index contributed by atoms with van der Waals surface area (Å²) in [5.74, 6) is 3.18. The summed E-state index contributed by atoms with van der Waals surface area (Å²) in [6.07, 6.45) is 7.19. The molecule has 0 aliphatic heterocycles. The van der Waals surface area contributed by atoms with Gasteiger partial charge < -0.3 is 4.74 Å². The Morgan fingerprint density at radius 2 is 1.50 bits per heavy atom. The van der Waals surface area contributed by atoms with Crippen LogP contribution in [0.3, 0.4) is 0 Å². The number of carbonyl (C=O) groups is 1. The normalized spacial score (nSPS) is 44.2. The molecule has 0 aromatic heterocycles. The molecule has 0 aromatic rings. The molecule has 0 amide bonds. The summed E-state index contributed by atoms with van der Waals surface area (Å²) in [4.78, 5) is 11.6. The van der Waals surface area contributed by atoms with E-state index in [4.69, 9.17) is 4.74 Å². The minimum absolute atomic E-state index is 0.00465. The van der Waals surface area contributed by atoms with Crippen LogP contribution in [0.25, 0.3) is 0 Å². The molecule has 18 heavy (non-hydrogen) atoms. The van der Waals surface area contributed by atoms with Gasteiger partial charge in [-0.25, -0.2) is 0 Å². The average molecular weight is 252 g/mol. The van der Waals surface area contributed by atoms with Gasteiger partial charge in [0.25, 0.3) is 0 Å². The molecule has 4 aliphatic carbocycles. The number of hydrogen-bond acceptors (Lipinski definition) is 2. The van der Waals surface area contributed by atoms with Crippen molar-refractivity contribution in [3.8, 4) is 0 Å². The lowest BCUT2D eigenvalue weighted by Gasteiger charge is -2.59. The first kappa shape index (κ1) is 13.9. The highest BCUT2D eigenvalue weighted by atomic mass is 16.6. The summed E-state index contributed by atoms with van der Waals surface area (Å²) in [5, 5.41) is 0. The van der Waals surface area contributed by atoms with Gasteiger partial charge in [-0.1, -0.05) is 20.8 Å². The fourth-order valence-electron chi connectivity index (χ4n) is 4.60. The minimum atomic E-state index is -0.124. The van der Waals surface area contributed by atoms with E-state index in [0.717, 1.165) is 11.8 Å². The third kappa shape index (κ3) is 2.19. The molecule has 4 saturated carbocycles. The summed E-state index contributed by atoms with van der Waals surface area (Å²) >= 11 is 0. The summed E-state index contributed by atoms with van der Waals surface area (Å²) in [7, 11) is 0. The summed E-state index contributed by atoms with van der Waals surface area (Å²) in [5.41, 5.74) is -0.124. The van der Waals surface area contributed by atoms with Gasteiger partial charge in [0.1, 0.15) is 5.60 Å². The van der Waals surface area contributed by atoms with Crippen LogP contribution in [0, 0.1) is 23.7 Å². The van der Waals surface area contributed by atoms with Crippen molar-refractivity contribution < 1.29 is 9.53 Å². The molecule has 4 bridgehead atoms. The van der Waals surface area contributed by atoms with Gasteiger partial charge in [0, 0.05) is 6.42 Å². The van der Waals surface area contributed by atoms with Crippen LogP contribution in [-0.4, -0.2) is 11.6 Å². The fourth-order valence-corrected chi connectivity index (χ4v) is 4.60. The Morgan fingerprint density at radius 3 is 1.89 bits per heavy atom. The Hall–Kier alpha value is -0.530. The van der Waals surface area contributed by atoms with Crippen molar-refractivity contribution >= 4 is 5.97 Å². The first-order valence-corrected chi connectivity index (χ1v) is 7.83. The lowest BCUT2D eigenvalue weighted by molar-refractivity contribution is -0.202. The van der Waals surface area contributed by atoms with Crippen molar-refractivity contribution in [1.29, 1.82) is 0 Å². The molecule has 0 saturated heterocycles. The molecular weight excluding hydrogens is 224 g/mol. The zero-order valence-corrected chi connectivity index (χ0v) is 12.4. The summed E-state index contributed by atoms with van der Waals surface area (Å²) < 4.78 is 5.82. The Kier molecular flexibility index (Phi) is 4.03.